The fraction of sp³-hybridized carbons (Fsp3) is 0.833. The van der Waals surface area contributed by atoms with Crippen molar-refractivity contribution in [3.63, 3.8) is 0 Å². The third-order valence-electron chi connectivity index (χ3n) is 2.76. The zero-order valence-corrected chi connectivity index (χ0v) is 13.2. The Morgan fingerprint density at radius 3 is 1.50 bits per heavy atom. The van der Waals surface area contributed by atoms with E-state index >= 15 is 0 Å². The van der Waals surface area contributed by atoms with Crippen molar-refractivity contribution in [2.45, 2.75) is 12.1 Å². The average molecular weight is 339 g/mol. The van der Waals surface area contributed by atoms with Crippen LogP contribution < -0.4 is 10.6 Å². The van der Waals surface area contributed by atoms with E-state index in [0.717, 1.165) is 0 Å². The summed E-state index contributed by atoms with van der Waals surface area (Å²) in [7, 11) is 0. The topological polar surface area (TPSA) is 142 Å². The number of nitrogens with one attached hydrogen (secondary N) is 2. The van der Waals surface area contributed by atoms with Gasteiger partial charge in [0.15, 0.2) is 0 Å². The van der Waals surface area contributed by atoms with Gasteiger partial charge in [-0.15, -0.1) is 0 Å². The molecule has 2 amide bonds. The zero-order chi connectivity index (χ0) is 17.0. The molecule has 22 heavy (non-hydrogen) atoms. The molecule has 0 rings (SSSR count). The van der Waals surface area contributed by atoms with Crippen LogP contribution >= 0.6 is 12.6 Å². The van der Waals surface area contributed by atoms with E-state index in [0.29, 0.717) is 12.3 Å². The molecule has 0 aliphatic rings. The molecule has 0 aromatic carbocycles. The molecule has 0 saturated heterocycles. The lowest BCUT2D eigenvalue weighted by Gasteiger charge is -2.23. The Morgan fingerprint density at radius 1 is 0.864 bits per heavy atom. The van der Waals surface area contributed by atoms with Crippen molar-refractivity contribution in [3.05, 3.63) is 0 Å². The highest BCUT2D eigenvalue weighted by molar-refractivity contribution is 7.80. The summed E-state index contributed by atoms with van der Waals surface area (Å²) < 4.78 is 0. The summed E-state index contributed by atoms with van der Waals surface area (Å²) in [5.74, 6) is -0.458. The maximum absolute atomic E-state index is 11.8. The minimum atomic E-state index is -0.743. The van der Waals surface area contributed by atoms with E-state index in [4.69, 9.17) is 20.4 Å². The molecule has 0 unspecified atom stereocenters. The van der Waals surface area contributed by atoms with Gasteiger partial charge in [0.05, 0.1) is 51.6 Å². The third kappa shape index (κ3) is 9.18. The number of rotatable bonds is 12. The average Bonchev–Trinajstić information content (AvgIpc) is 2.50. The van der Waals surface area contributed by atoms with Gasteiger partial charge in [-0.2, -0.15) is 12.6 Å². The Morgan fingerprint density at radius 2 is 1.23 bits per heavy atom. The van der Waals surface area contributed by atoms with Gasteiger partial charge in [0.1, 0.15) is 0 Å². The second-order valence-corrected chi connectivity index (χ2v) is 5.14. The molecule has 0 bridgehead atoms. The highest BCUT2D eigenvalue weighted by Crippen LogP contribution is 1.92. The molecule has 0 aliphatic carbocycles. The highest BCUT2D eigenvalue weighted by atomic mass is 32.1. The molecule has 9 nitrogen and oxygen atoms in total. The molecule has 0 radical (unpaired) electrons. The first-order valence-electron chi connectivity index (χ1n) is 6.86. The standard InChI is InChI=1S/C12H25N3O6S/c16-5-9(6-17)13-11(20)3-15(1-2-22)4-12(21)14-10(7-18)8-19/h9-10,16-19,22H,1-8H2,(H,13,20)(H,14,21). The second-order valence-electron chi connectivity index (χ2n) is 4.69. The van der Waals surface area contributed by atoms with Crippen molar-refractivity contribution in [1.82, 2.24) is 15.5 Å². The van der Waals surface area contributed by atoms with Crippen LogP contribution in [0.5, 0.6) is 0 Å². The van der Waals surface area contributed by atoms with Crippen LogP contribution in [0.25, 0.3) is 0 Å². The quantitative estimate of drug-likeness (QED) is 0.180. The minimum absolute atomic E-state index is 0.104. The Hall–Kier alpha value is -0.910. The SMILES string of the molecule is O=C(CN(CCS)CC(=O)NC(CO)CO)NC(CO)CO. The number of hydrogen-bond acceptors (Lipinski definition) is 8. The van der Waals surface area contributed by atoms with Gasteiger partial charge in [0.25, 0.3) is 0 Å². The predicted molar refractivity (Wildman–Crippen MR) is 82.5 cm³/mol. The molecule has 0 fully saturated rings. The van der Waals surface area contributed by atoms with Crippen LogP contribution in [0.4, 0.5) is 0 Å². The van der Waals surface area contributed by atoms with E-state index in [2.05, 4.69) is 23.3 Å². The third-order valence-corrected chi connectivity index (χ3v) is 2.96. The summed E-state index contributed by atoms with van der Waals surface area (Å²) in [5, 5.41) is 40.4. The van der Waals surface area contributed by atoms with Crippen molar-refractivity contribution in [2.24, 2.45) is 0 Å². The molecule has 0 aliphatic heterocycles. The van der Waals surface area contributed by atoms with Crippen LogP contribution in [-0.2, 0) is 9.59 Å². The van der Waals surface area contributed by atoms with Gasteiger partial charge in [-0.3, -0.25) is 14.5 Å². The molecule has 130 valence electrons. The van der Waals surface area contributed by atoms with Crippen LogP contribution in [-0.4, -0.2) is 101 Å². The van der Waals surface area contributed by atoms with Crippen molar-refractivity contribution in [3.8, 4) is 0 Å². The van der Waals surface area contributed by atoms with Gasteiger partial charge in [-0.1, -0.05) is 0 Å². The number of carbonyl (C=O) groups excluding carboxylic acids is 2. The van der Waals surface area contributed by atoms with E-state index in [-0.39, 0.29) is 39.5 Å². The first-order chi connectivity index (χ1) is 10.5. The molecular weight excluding hydrogens is 314 g/mol. The zero-order valence-electron chi connectivity index (χ0n) is 12.3. The summed E-state index contributed by atoms with van der Waals surface area (Å²) >= 11 is 4.05. The van der Waals surface area contributed by atoms with Crippen molar-refractivity contribution < 1.29 is 30.0 Å². The Kier molecular flexibility index (Phi) is 12.1. The molecule has 0 spiro atoms. The van der Waals surface area contributed by atoms with E-state index in [1.807, 2.05) is 0 Å². The van der Waals surface area contributed by atoms with Gasteiger partial charge >= 0.3 is 0 Å². The minimum Gasteiger partial charge on any atom is -0.394 e. The van der Waals surface area contributed by atoms with Gasteiger partial charge in [-0.05, 0) is 0 Å². The molecule has 0 atom stereocenters. The van der Waals surface area contributed by atoms with Crippen LogP contribution in [0.1, 0.15) is 0 Å². The summed E-state index contributed by atoms with van der Waals surface area (Å²) in [6.45, 7) is -1.38. The van der Waals surface area contributed by atoms with Crippen molar-refractivity contribution in [2.75, 3.05) is 51.8 Å². The second kappa shape index (κ2) is 12.6. The van der Waals surface area contributed by atoms with Crippen molar-refractivity contribution >= 4 is 24.4 Å². The summed E-state index contributed by atoms with van der Waals surface area (Å²) in [4.78, 5) is 25.0. The van der Waals surface area contributed by atoms with Crippen LogP contribution in [0.3, 0.4) is 0 Å². The maximum atomic E-state index is 11.8. The van der Waals surface area contributed by atoms with Gasteiger partial charge in [0, 0.05) is 12.3 Å². The van der Waals surface area contributed by atoms with Crippen LogP contribution in [0.2, 0.25) is 0 Å². The molecular formula is C12H25N3O6S. The lowest BCUT2D eigenvalue weighted by molar-refractivity contribution is -0.126. The van der Waals surface area contributed by atoms with E-state index < -0.39 is 23.9 Å². The van der Waals surface area contributed by atoms with Gasteiger partial charge in [-0.25, -0.2) is 0 Å². The smallest absolute Gasteiger partial charge is 0.234 e. The molecule has 0 heterocycles. The number of thiol groups is 1. The normalized spacial score (nSPS) is 11.3. The Bertz CT molecular complexity index is 298. The number of nitrogens with zero attached hydrogens (tertiary/aromatic N) is 1. The Balaban J connectivity index is 4.40. The maximum Gasteiger partial charge on any atom is 0.234 e. The molecule has 6 N–H and O–H groups in total. The number of aliphatic hydroxyl groups is 4. The van der Waals surface area contributed by atoms with E-state index in [1.54, 1.807) is 0 Å². The molecule has 0 saturated carbocycles. The Labute approximate surface area is 134 Å². The summed E-state index contributed by atoms with van der Waals surface area (Å²) in [6.07, 6.45) is 0. The molecule has 0 aromatic rings. The predicted octanol–water partition coefficient (Wildman–Crippen LogP) is -3.84. The first kappa shape index (κ1) is 21.1. The van der Waals surface area contributed by atoms with Gasteiger partial charge in [0.2, 0.25) is 11.8 Å². The van der Waals surface area contributed by atoms with Crippen LogP contribution in [0.15, 0.2) is 0 Å². The largest absolute Gasteiger partial charge is 0.394 e. The number of amides is 2. The van der Waals surface area contributed by atoms with Crippen molar-refractivity contribution in [1.29, 1.82) is 0 Å². The fourth-order valence-corrected chi connectivity index (χ4v) is 1.89. The number of aliphatic hydroxyl groups excluding tert-OH is 4. The lowest BCUT2D eigenvalue weighted by atomic mass is 10.3. The first-order valence-corrected chi connectivity index (χ1v) is 7.49. The van der Waals surface area contributed by atoms with E-state index in [9.17, 15) is 9.59 Å². The van der Waals surface area contributed by atoms with Crippen LogP contribution in [0, 0.1) is 0 Å². The fourth-order valence-electron chi connectivity index (χ4n) is 1.61. The lowest BCUT2D eigenvalue weighted by Crippen LogP contribution is -2.49. The number of hydrogen-bond donors (Lipinski definition) is 7. The van der Waals surface area contributed by atoms with E-state index in [1.165, 1.54) is 4.90 Å². The van der Waals surface area contributed by atoms with Gasteiger partial charge < -0.3 is 31.1 Å². The molecule has 10 heteroatoms. The summed E-state index contributed by atoms with van der Waals surface area (Å²) in [5.41, 5.74) is 0. The summed E-state index contributed by atoms with van der Waals surface area (Å²) in [6, 6.07) is -1.49. The highest BCUT2D eigenvalue weighted by Gasteiger charge is 2.18. The monoisotopic (exact) mass is 339 g/mol. The number of carbonyl (C=O) groups is 2. The molecule has 0 aromatic heterocycles.